The molecule has 2 saturated heterocycles. The molecule has 0 aromatic heterocycles. The molecule has 4 rings (SSSR count). The standard InChI is InChI=1S/C23H28N2O6/c1-5-30-15-8-6-14(7-9-15)24-20(26)17-16-10-11-23(31-16)12-25(21(27)18(17)23)19(13(2)3)22(28)29-4/h6-11,13,16-19H,5,12H2,1-4H3,(H,24,26)/t16-,17+,18-,19+,23-/m0/s1. The molecular weight excluding hydrogens is 400 g/mol. The van der Waals surface area contributed by atoms with Crippen molar-refractivity contribution in [1.29, 1.82) is 0 Å². The second-order valence-electron chi connectivity index (χ2n) is 8.52. The molecule has 2 amide bonds. The number of nitrogens with zero attached hydrogens (tertiary/aromatic N) is 1. The lowest BCUT2D eigenvalue weighted by atomic mass is 9.76. The molecule has 0 saturated carbocycles. The lowest BCUT2D eigenvalue weighted by Gasteiger charge is -2.30. The van der Waals surface area contributed by atoms with Crippen molar-refractivity contribution >= 4 is 23.5 Å². The molecule has 3 heterocycles. The van der Waals surface area contributed by atoms with Gasteiger partial charge in [-0.3, -0.25) is 9.59 Å². The smallest absolute Gasteiger partial charge is 0.328 e. The van der Waals surface area contributed by atoms with E-state index in [2.05, 4.69) is 5.32 Å². The van der Waals surface area contributed by atoms with E-state index in [9.17, 15) is 14.4 Å². The van der Waals surface area contributed by atoms with Gasteiger partial charge in [0.15, 0.2) is 0 Å². The minimum Gasteiger partial charge on any atom is -0.494 e. The Balaban J connectivity index is 1.56. The third-order valence-corrected chi connectivity index (χ3v) is 6.28. The van der Waals surface area contributed by atoms with Crippen LogP contribution in [0.15, 0.2) is 36.4 Å². The van der Waals surface area contributed by atoms with Crippen LogP contribution in [0.4, 0.5) is 5.69 Å². The maximum Gasteiger partial charge on any atom is 0.328 e. The predicted octanol–water partition coefficient (Wildman–Crippen LogP) is 2.00. The summed E-state index contributed by atoms with van der Waals surface area (Å²) >= 11 is 0. The Morgan fingerprint density at radius 1 is 1.29 bits per heavy atom. The fraction of sp³-hybridized carbons (Fsp3) is 0.522. The van der Waals surface area contributed by atoms with Crippen molar-refractivity contribution in [3.8, 4) is 5.75 Å². The summed E-state index contributed by atoms with van der Waals surface area (Å²) in [7, 11) is 1.31. The molecule has 1 spiro atoms. The number of ether oxygens (including phenoxy) is 3. The Kier molecular flexibility index (Phi) is 5.51. The predicted molar refractivity (Wildman–Crippen MR) is 112 cm³/mol. The first kappa shape index (κ1) is 21.4. The van der Waals surface area contributed by atoms with E-state index in [0.29, 0.717) is 12.3 Å². The molecule has 0 aliphatic carbocycles. The number of hydrogen-bond acceptors (Lipinski definition) is 6. The van der Waals surface area contributed by atoms with Crippen LogP contribution in [0.5, 0.6) is 5.75 Å². The molecule has 31 heavy (non-hydrogen) atoms. The number of fused-ring (bicyclic) bond motifs is 1. The molecule has 2 fully saturated rings. The van der Waals surface area contributed by atoms with Crippen LogP contribution in [-0.2, 0) is 23.9 Å². The summed E-state index contributed by atoms with van der Waals surface area (Å²) in [5.74, 6) is -1.74. The number of rotatable bonds is 7. The summed E-state index contributed by atoms with van der Waals surface area (Å²) in [6, 6.07) is 6.37. The van der Waals surface area contributed by atoms with E-state index in [1.54, 1.807) is 24.3 Å². The third kappa shape index (κ3) is 3.48. The van der Waals surface area contributed by atoms with E-state index in [4.69, 9.17) is 14.2 Å². The average Bonchev–Trinajstić information content (AvgIpc) is 3.38. The number of amides is 2. The first-order valence-electron chi connectivity index (χ1n) is 10.6. The van der Waals surface area contributed by atoms with Crippen molar-refractivity contribution in [1.82, 2.24) is 4.90 Å². The average molecular weight is 428 g/mol. The highest BCUT2D eigenvalue weighted by atomic mass is 16.5. The number of likely N-dealkylation sites (tertiary alicyclic amines) is 1. The van der Waals surface area contributed by atoms with E-state index >= 15 is 0 Å². The van der Waals surface area contributed by atoms with Crippen molar-refractivity contribution < 1.29 is 28.6 Å². The van der Waals surface area contributed by atoms with Crippen molar-refractivity contribution in [3.05, 3.63) is 36.4 Å². The number of carbonyl (C=O) groups excluding carboxylic acids is 3. The van der Waals surface area contributed by atoms with E-state index in [-0.39, 0.29) is 24.3 Å². The van der Waals surface area contributed by atoms with E-state index in [1.165, 1.54) is 12.0 Å². The lowest BCUT2D eigenvalue weighted by molar-refractivity contribution is -0.154. The number of anilines is 1. The van der Waals surface area contributed by atoms with Gasteiger partial charge in [0, 0.05) is 5.69 Å². The number of esters is 1. The SMILES string of the molecule is CCOc1ccc(NC(=O)[C@@H]2[C@@H]3C=C[C@@]4(CN([C@@H](C(=O)OC)C(C)C)C(=O)[C@H]24)O3)cc1. The van der Waals surface area contributed by atoms with Crippen LogP contribution in [-0.4, -0.2) is 60.7 Å². The van der Waals surface area contributed by atoms with Crippen LogP contribution in [0, 0.1) is 17.8 Å². The second kappa shape index (κ2) is 8.00. The number of methoxy groups -OCH3 is 1. The van der Waals surface area contributed by atoms with E-state index < -0.39 is 35.6 Å². The Morgan fingerprint density at radius 2 is 2.00 bits per heavy atom. The summed E-state index contributed by atoms with van der Waals surface area (Å²) in [4.78, 5) is 40.5. The highest BCUT2D eigenvalue weighted by Gasteiger charge is 2.68. The lowest BCUT2D eigenvalue weighted by Crippen LogP contribution is -2.48. The topological polar surface area (TPSA) is 94.2 Å². The minimum absolute atomic E-state index is 0.135. The molecule has 166 valence electrons. The summed E-state index contributed by atoms with van der Waals surface area (Å²) in [6.07, 6.45) is 3.25. The first-order chi connectivity index (χ1) is 14.8. The molecule has 2 bridgehead atoms. The Hall–Kier alpha value is -2.87. The zero-order chi connectivity index (χ0) is 22.3. The molecule has 1 aromatic carbocycles. The van der Waals surface area contributed by atoms with Crippen molar-refractivity contribution in [2.24, 2.45) is 17.8 Å². The van der Waals surface area contributed by atoms with Gasteiger partial charge in [0.2, 0.25) is 11.8 Å². The largest absolute Gasteiger partial charge is 0.494 e. The Morgan fingerprint density at radius 3 is 2.61 bits per heavy atom. The van der Waals surface area contributed by atoms with Gasteiger partial charge in [-0.1, -0.05) is 26.0 Å². The number of carbonyl (C=O) groups is 3. The van der Waals surface area contributed by atoms with Gasteiger partial charge in [0.25, 0.3) is 0 Å². The number of benzene rings is 1. The summed E-state index contributed by atoms with van der Waals surface area (Å²) in [6.45, 7) is 6.43. The highest BCUT2D eigenvalue weighted by Crippen LogP contribution is 2.52. The molecule has 8 nitrogen and oxygen atoms in total. The zero-order valence-electron chi connectivity index (χ0n) is 18.2. The minimum atomic E-state index is -0.885. The monoisotopic (exact) mass is 428 g/mol. The molecule has 3 aliphatic heterocycles. The molecule has 0 unspecified atom stereocenters. The molecule has 3 aliphatic rings. The van der Waals surface area contributed by atoms with E-state index in [1.807, 2.05) is 32.9 Å². The second-order valence-corrected chi connectivity index (χ2v) is 8.52. The van der Waals surface area contributed by atoms with Gasteiger partial charge in [-0.2, -0.15) is 0 Å². The molecule has 1 N–H and O–H groups in total. The van der Waals surface area contributed by atoms with Gasteiger partial charge in [-0.15, -0.1) is 0 Å². The van der Waals surface area contributed by atoms with Crippen LogP contribution in [0.1, 0.15) is 20.8 Å². The molecule has 1 aromatic rings. The van der Waals surface area contributed by atoms with Crippen molar-refractivity contribution in [2.45, 2.75) is 38.5 Å². The fourth-order valence-corrected chi connectivity index (χ4v) is 4.97. The zero-order valence-corrected chi connectivity index (χ0v) is 18.2. The van der Waals surface area contributed by atoms with Crippen LogP contribution < -0.4 is 10.1 Å². The molecule has 5 atom stereocenters. The van der Waals surface area contributed by atoms with Gasteiger partial charge >= 0.3 is 5.97 Å². The summed E-state index contributed by atoms with van der Waals surface area (Å²) < 4.78 is 16.5. The first-order valence-corrected chi connectivity index (χ1v) is 10.6. The van der Waals surface area contributed by atoms with Crippen LogP contribution in [0.3, 0.4) is 0 Å². The van der Waals surface area contributed by atoms with Gasteiger partial charge in [0.1, 0.15) is 17.4 Å². The maximum absolute atomic E-state index is 13.4. The molecule has 8 heteroatoms. The maximum atomic E-state index is 13.4. The normalized spacial score (nSPS) is 29.3. The number of hydrogen-bond donors (Lipinski definition) is 1. The van der Waals surface area contributed by atoms with E-state index in [0.717, 1.165) is 5.75 Å². The van der Waals surface area contributed by atoms with Gasteiger partial charge in [-0.25, -0.2) is 4.79 Å². The van der Waals surface area contributed by atoms with Gasteiger partial charge in [-0.05, 0) is 37.1 Å². The highest BCUT2D eigenvalue weighted by molar-refractivity contribution is 6.00. The molecule has 0 radical (unpaired) electrons. The number of nitrogens with one attached hydrogen (secondary N) is 1. The van der Waals surface area contributed by atoms with Crippen LogP contribution in [0.25, 0.3) is 0 Å². The Bertz CT molecular complexity index is 911. The quantitative estimate of drug-likeness (QED) is 0.527. The summed E-state index contributed by atoms with van der Waals surface area (Å²) in [5, 5.41) is 2.90. The third-order valence-electron chi connectivity index (χ3n) is 6.28. The van der Waals surface area contributed by atoms with Crippen molar-refractivity contribution in [2.75, 3.05) is 25.6 Å². The molecular formula is C23H28N2O6. The van der Waals surface area contributed by atoms with Crippen LogP contribution >= 0.6 is 0 Å². The van der Waals surface area contributed by atoms with Gasteiger partial charge in [0.05, 0.1) is 38.2 Å². The van der Waals surface area contributed by atoms with Crippen molar-refractivity contribution in [3.63, 3.8) is 0 Å². The summed E-state index contributed by atoms with van der Waals surface area (Å²) in [5.41, 5.74) is -0.268. The fourth-order valence-electron chi connectivity index (χ4n) is 4.97. The van der Waals surface area contributed by atoms with Gasteiger partial charge < -0.3 is 24.4 Å². The Labute approximate surface area is 181 Å². The van der Waals surface area contributed by atoms with Crippen LogP contribution in [0.2, 0.25) is 0 Å².